The van der Waals surface area contributed by atoms with Crippen LogP contribution in [0.5, 0.6) is 5.75 Å². The summed E-state index contributed by atoms with van der Waals surface area (Å²) in [5.41, 5.74) is 5.50. The molecule has 1 aromatic rings. The van der Waals surface area contributed by atoms with Crippen LogP contribution >= 0.6 is 0 Å². The Balaban J connectivity index is 0.000000612. The fourth-order valence-corrected chi connectivity index (χ4v) is 3.20. The highest BCUT2D eigenvalue weighted by Crippen LogP contribution is 2.51. The van der Waals surface area contributed by atoms with E-state index >= 15 is 0 Å². The minimum atomic E-state index is -0.0135. The number of fused-ring (bicyclic) bond motifs is 1. The topological polar surface area (TPSA) is 29.5 Å². The van der Waals surface area contributed by atoms with Crippen LogP contribution in [0.3, 0.4) is 0 Å². The van der Waals surface area contributed by atoms with Crippen molar-refractivity contribution < 1.29 is 9.84 Å². The summed E-state index contributed by atoms with van der Waals surface area (Å²) in [5, 5.41) is 7.10. The molecule has 1 aliphatic heterocycles. The van der Waals surface area contributed by atoms with Gasteiger partial charge in [-0.1, -0.05) is 26.3 Å². The predicted octanol–water partition coefficient (Wildman–Crippen LogP) is 4.62. The van der Waals surface area contributed by atoms with E-state index in [4.69, 9.17) is 9.84 Å². The smallest absolute Gasteiger partial charge is 0.127 e. The van der Waals surface area contributed by atoms with Crippen LogP contribution in [0.25, 0.3) is 0 Å². The van der Waals surface area contributed by atoms with Gasteiger partial charge >= 0.3 is 0 Å². The first-order chi connectivity index (χ1) is 9.36. The van der Waals surface area contributed by atoms with Gasteiger partial charge in [-0.05, 0) is 57.2 Å². The molecule has 0 radical (unpaired) electrons. The third-order valence-corrected chi connectivity index (χ3v) is 4.57. The number of rotatable bonds is 2. The third kappa shape index (κ3) is 2.63. The lowest BCUT2D eigenvalue weighted by molar-refractivity contribution is 0.0818. The van der Waals surface area contributed by atoms with Crippen LogP contribution in [0, 0.1) is 33.3 Å². The first-order valence-corrected chi connectivity index (χ1v) is 7.25. The summed E-state index contributed by atoms with van der Waals surface area (Å²) in [7, 11) is 0. The molecule has 110 valence electrons. The van der Waals surface area contributed by atoms with Crippen LogP contribution in [-0.4, -0.2) is 10.7 Å². The number of aliphatic hydroxyl groups is 1. The zero-order valence-electron chi connectivity index (χ0n) is 13.5. The molecular formula is C18H26O2. The molecule has 1 aromatic carbocycles. The number of hydrogen-bond acceptors (Lipinski definition) is 2. The number of ether oxygens (including phenoxy) is 1. The summed E-state index contributed by atoms with van der Waals surface area (Å²) in [6, 6.07) is 2.31. The van der Waals surface area contributed by atoms with E-state index in [1.807, 2.05) is 0 Å². The molecule has 2 nitrogen and oxygen atoms in total. The second kappa shape index (κ2) is 6.22. The number of aryl methyl sites for hydroxylation is 2. The summed E-state index contributed by atoms with van der Waals surface area (Å²) in [6.07, 6.45) is 7.62. The zero-order valence-corrected chi connectivity index (χ0v) is 13.5. The van der Waals surface area contributed by atoms with Crippen molar-refractivity contribution in [2.75, 3.05) is 0 Å². The molecular weight excluding hydrogens is 248 g/mol. The van der Waals surface area contributed by atoms with E-state index in [0.29, 0.717) is 5.92 Å². The third-order valence-electron chi connectivity index (χ3n) is 4.57. The second-order valence-corrected chi connectivity index (χ2v) is 5.74. The van der Waals surface area contributed by atoms with E-state index in [1.165, 1.54) is 34.1 Å². The molecule has 1 heterocycles. The first kappa shape index (κ1) is 16.4. The molecule has 1 aliphatic rings. The molecule has 2 atom stereocenters. The predicted molar refractivity (Wildman–Crippen MR) is 83.8 cm³/mol. The zero-order chi connectivity index (χ0) is 15.5. The van der Waals surface area contributed by atoms with Gasteiger partial charge in [0.05, 0.1) is 0 Å². The standard InChI is InChI=1S/C16H24O.C2H2O/c1-7-13-14-11(4)9-10(3)12(5)15(14)17-16(13,6)8-2;1-2-3/h9,13H,7-8H2,1-6H3;1,3H. The van der Waals surface area contributed by atoms with Gasteiger partial charge in [-0.2, -0.15) is 0 Å². The van der Waals surface area contributed by atoms with Crippen molar-refractivity contribution in [1.29, 1.82) is 0 Å². The van der Waals surface area contributed by atoms with E-state index < -0.39 is 0 Å². The fraction of sp³-hybridized carbons (Fsp3) is 0.556. The maximum atomic E-state index is 7.10. The number of hydrogen-bond donors (Lipinski definition) is 1. The van der Waals surface area contributed by atoms with Crippen LogP contribution < -0.4 is 4.74 Å². The number of terminal acetylenes is 1. The lowest BCUT2D eigenvalue weighted by atomic mass is 9.79. The van der Waals surface area contributed by atoms with Gasteiger partial charge in [-0.15, -0.1) is 0 Å². The second-order valence-electron chi connectivity index (χ2n) is 5.74. The highest BCUT2D eigenvalue weighted by molar-refractivity contribution is 5.55. The normalized spacial score (nSPS) is 23.1. The number of aliphatic hydroxyl groups excluding tert-OH is 1. The molecule has 0 saturated carbocycles. The summed E-state index contributed by atoms with van der Waals surface area (Å²) in [5.74, 6) is 1.71. The average Bonchev–Trinajstić information content (AvgIpc) is 2.71. The van der Waals surface area contributed by atoms with Crippen LogP contribution in [0.15, 0.2) is 6.07 Å². The van der Waals surface area contributed by atoms with Gasteiger partial charge in [0.15, 0.2) is 0 Å². The molecule has 0 fully saturated rings. The van der Waals surface area contributed by atoms with Crippen molar-refractivity contribution >= 4 is 0 Å². The Bertz CT molecular complexity index is 525. The van der Waals surface area contributed by atoms with Crippen molar-refractivity contribution in [3.05, 3.63) is 28.3 Å². The van der Waals surface area contributed by atoms with Gasteiger partial charge in [0.2, 0.25) is 0 Å². The monoisotopic (exact) mass is 274 g/mol. The van der Waals surface area contributed by atoms with Crippen LogP contribution in [0.1, 0.15) is 61.8 Å². The van der Waals surface area contributed by atoms with Crippen LogP contribution in [0.4, 0.5) is 0 Å². The highest BCUT2D eigenvalue weighted by Gasteiger charge is 2.43. The Morgan fingerprint density at radius 2 is 1.85 bits per heavy atom. The molecule has 0 bridgehead atoms. The van der Waals surface area contributed by atoms with Crippen molar-refractivity contribution in [2.24, 2.45) is 0 Å². The van der Waals surface area contributed by atoms with E-state index in [2.05, 4.69) is 54.0 Å². The van der Waals surface area contributed by atoms with Crippen molar-refractivity contribution in [3.8, 4) is 18.3 Å². The number of benzene rings is 1. The first-order valence-electron chi connectivity index (χ1n) is 7.25. The lowest BCUT2D eigenvalue weighted by Gasteiger charge is -2.29. The molecule has 0 aromatic heterocycles. The molecule has 20 heavy (non-hydrogen) atoms. The molecule has 0 saturated heterocycles. The molecule has 2 heteroatoms. The largest absolute Gasteiger partial charge is 0.486 e. The Labute approximate surface area is 123 Å². The SMILES string of the molecule is C#CO.CCC1c2c(C)cc(C)c(C)c2OC1(C)CC. The summed E-state index contributed by atoms with van der Waals surface area (Å²) < 4.78 is 6.34. The lowest BCUT2D eigenvalue weighted by Crippen LogP contribution is -2.33. The fourth-order valence-electron chi connectivity index (χ4n) is 3.20. The van der Waals surface area contributed by atoms with E-state index in [9.17, 15) is 0 Å². The van der Waals surface area contributed by atoms with Gasteiger partial charge in [-0.3, -0.25) is 0 Å². The average molecular weight is 274 g/mol. The Morgan fingerprint density at radius 3 is 2.30 bits per heavy atom. The highest BCUT2D eigenvalue weighted by atomic mass is 16.5. The summed E-state index contributed by atoms with van der Waals surface area (Å²) in [4.78, 5) is 0. The van der Waals surface area contributed by atoms with E-state index in [1.54, 1.807) is 0 Å². The summed E-state index contributed by atoms with van der Waals surface area (Å²) >= 11 is 0. The molecule has 0 aliphatic carbocycles. The molecule has 2 unspecified atom stereocenters. The quantitative estimate of drug-likeness (QED) is 0.798. The molecule has 0 amide bonds. The van der Waals surface area contributed by atoms with Gasteiger partial charge in [0.25, 0.3) is 0 Å². The van der Waals surface area contributed by atoms with E-state index in [0.717, 1.165) is 12.8 Å². The Hall–Kier alpha value is -1.62. The molecule has 0 spiro atoms. The van der Waals surface area contributed by atoms with Gasteiger partial charge in [-0.25, -0.2) is 0 Å². The van der Waals surface area contributed by atoms with Crippen molar-refractivity contribution in [1.82, 2.24) is 0 Å². The minimum absolute atomic E-state index is 0.0135. The molecule has 2 rings (SSSR count). The maximum absolute atomic E-state index is 7.10. The summed E-state index contributed by atoms with van der Waals surface area (Å²) in [6.45, 7) is 13.3. The minimum Gasteiger partial charge on any atom is -0.486 e. The maximum Gasteiger partial charge on any atom is 0.127 e. The van der Waals surface area contributed by atoms with Crippen LogP contribution in [0.2, 0.25) is 0 Å². The van der Waals surface area contributed by atoms with E-state index in [-0.39, 0.29) is 5.60 Å². The Kier molecular flexibility index (Phi) is 5.11. The van der Waals surface area contributed by atoms with Gasteiger partial charge in [0.1, 0.15) is 17.5 Å². The van der Waals surface area contributed by atoms with Crippen LogP contribution in [-0.2, 0) is 0 Å². The van der Waals surface area contributed by atoms with Crippen molar-refractivity contribution in [2.45, 2.75) is 65.9 Å². The van der Waals surface area contributed by atoms with Crippen molar-refractivity contribution in [3.63, 3.8) is 0 Å². The van der Waals surface area contributed by atoms with Gasteiger partial charge in [0, 0.05) is 11.5 Å². The Morgan fingerprint density at radius 1 is 1.30 bits per heavy atom. The molecule has 1 N–H and O–H groups in total. The van der Waals surface area contributed by atoms with Gasteiger partial charge < -0.3 is 9.84 Å².